The van der Waals surface area contributed by atoms with Crippen LogP contribution in [0.3, 0.4) is 0 Å². The zero-order valence-electron chi connectivity index (χ0n) is 16.7. The molecule has 2 aromatic carbocycles. The number of benzene rings is 2. The minimum absolute atomic E-state index is 0.0634. The molecule has 0 atom stereocenters. The van der Waals surface area contributed by atoms with Crippen LogP contribution in [0.1, 0.15) is 29.5 Å². The summed E-state index contributed by atoms with van der Waals surface area (Å²) in [5, 5.41) is 29.4. The largest absolute Gasteiger partial charge is 0.870 e. The maximum atomic E-state index is 12.1. The molecule has 10 heteroatoms. The summed E-state index contributed by atoms with van der Waals surface area (Å²) in [6.45, 7) is 3.82. The summed E-state index contributed by atoms with van der Waals surface area (Å²) in [5.41, 5.74) is 4.38. The van der Waals surface area contributed by atoms with E-state index in [1.54, 1.807) is 6.07 Å². The van der Waals surface area contributed by atoms with Gasteiger partial charge in [-0.05, 0) is 31.0 Å². The Morgan fingerprint density at radius 3 is 2.50 bits per heavy atom. The Labute approximate surface area is 172 Å². The number of amides is 2. The van der Waals surface area contributed by atoms with E-state index in [4.69, 9.17) is 4.74 Å². The van der Waals surface area contributed by atoms with Crippen molar-refractivity contribution in [2.45, 2.75) is 26.7 Å². The minimum atomic E-state index is -0.674. The second-order valence-electron chi connectivity index (χ2n) is 6.48. The predicted octanol–water partition coefficient (Wildman–Crippen LogP) is 2.16. The number of aryl methyl sites for hydroxylation is 2. The molecule has 0 aromatic heterocycles. The van der Waals surface area contributed by atoms with Gasteiger partial charge in [0.05, 0.1) is 24.3 Å². The quantitative estimate of drug-likeness (QED) is 0.385. The third-order valence-corrected chi connectivity index (χ3v) is 4.13. The molecule has 0 aliphatic rings. The van der Waals surface area contributed by atoms with Crippen molar-refractivity contribution in [2.75, 3.05) is 12.4 Å². The summed E-state index contributed by atoms with van der Waals surface area (Å²) in [6.07, 6.45) is 0.800. The Bertz CT molecular complexity index is 1000. The molecule has 2 aromatic rings. The molecule has 0 saturated heterocycles. The van der Waals surface area contributed by atoms with Gasteiger partial charge in [0.1, 0.15) is 5.75 Å². The van der Waals surface area contributed by atoms with Crippen LogP contribution in [-0.4, -0.2) is 30.1 Å². The monoisotopic (exact) mass is 413 g/mol. The normalized spacial score (nSPS) is 10.6. The lowest BCUT2D eigenvalue weighted by atomic mass is 10.1. The Balaban J connectivity index is 1.91. The number of hydrazone groups is 1. The van der Waals surface area contributed by atoms with Crippen LogP contribution < -0.4 is 20.6 Å². The zero-order chi connectivity index (χ0) is 22.3. The lowest BCUT2D eigenvalue weighted by Crippen LogP contribution is -2.21. The molecule has 0 bridgehead atoms. The van der Waals surface area contributed by atoms with Crippen LogP contribution in [0.4, 0.5) is 11.4 Å². The second kappa shape index (κ2) is 10.0. The van der Waals surface area contributed by atoms with Gasteiger partial charge in [-0.25, -0.2) is 5.43 Å². The zero-order valence-corrected chi connectivity index (χ0v) is 16.7. The average molecular weight is 413 g/mol. The number of anilines is 1. The Kier molecular flexibility index (Phi) is 7.45. The van der Waals surface area contributed by atoms with E-state index in [0.717, 1.165) is 29.5 Å². The number of hydrogen-bond donors (Lipinski definition) is 2. The molecule has 2 rings (SSSR count). The molecule has 2 amide bonds. The van der Waals surface area contributed by atoms with E-state index in [1.807, 2.05) is 26.0 Å². The number of nitro benzene ring substituents is 1. The number of methoxy groups -OCH3 is 1. The number of carbonyl (C=O) groups is 2. The SMILES string of the molecule is COc1cc([N+](=O)[O-])cc(/C=N\NC(=O)CCC(=O)Nc2ccc(C)cc2C)c1[O-]. The Hall–Kier alpha value is -3.95. The van der Waals surface area contributed by atoms with Gasteiger partial charge in [-0.2, -0.15) is 5.10 Å². The number of non-ortho nitro benzene ring substituents is 1. The van der Waals surface area contributed by atoms with Gasteiger partial charge in [0.2, 0.25) is 11.8 Å². The van der Waals surface area contributed by atoms with Gasteiger partial charge in [0.15, 0.2) is 0 Å². The highest BCUT2D eigenvalue weighted by Crippen LogP contribution is 2.31. The molecule has 10 nitrogen and oxygen atoms in total. The van der Waals surface area contributed by atoms with E-state index in [9.17, 15) is 24.8 Å². The first-order chi connectivity index (χ1) is 14.2. The van der Waals surface area contributed by atoms with Crippen molar-refractivity contribution >= 4 is 29.4 Å². The molecule has 0 saturated carbocycles. The predicted molar refractivity (Wildman–Crippen MR) is 109 cm³/mol. The third-order valence-electron chi connectivity index (χ3n) is 4.13. The molecule has 30 heavy (non-hydrogen) atoms. The van der Waals surface area contributed by atoms with Crippen molar-refractivity contribution in [1.29, 1.82) is 0 Å². The highest BCUT2D eigenvalue weighted by atomic mass is 16.6. The summed E-state index contributed by atoms with van der Waals surface area (Å²) in [4.78, 5) is 34.1. The average Bonchev–Trinajstić information content (AvgIpc) is 2.69. The summed E-state index contributed by atoms with van der Waals surface area (Å²) < 4.78 is 4.82. The molecule has 2 N–H and O–H groups in total. The van der Waals surface area contributed by atoms with Crippen molar-refractivity contribution < 1.29 is 24.4 Å². The fraction of sp³-hybridized carbons (Fsp3) is 0.250. The number of carbonyl (C=O) groups excluding carboxylic acids is 2. The minimum Gasteiger partial charge on any atom is -0.870 e. The van der Waals surface area contributed by atoms with Crippen molar-refractivity contribution in [3.8, 4) is 11.5 Å². The molecule has 0 unspecified atom stereocenters. The third kappa shape index (κ3) is 6.03. The molecule has 0 aliphatic carbocycles. The smallest absolute Gasteiger partial charge is 0.273 e. The second-order valence-corrected chi connectivity index (χ2v) is 6.48. The maximum absolute atomic E-state index is 12.1. The summed E-state index contributed by atoms with van der Waals surface area (Å²) >= 11 is 0. The van der Waals surface area contributed by atoms with Crippen LogP contribution in [0.2, 0.25) is 0 Å². The topological polar surface area (TPSA) is 146 Å². The molecule has 0 heterocycles. The fourth-order valence-electron chi connectivity index (χ4n) is 2.58. The van der Waals surface area contributed by atoms with Gasteiger partial charge in [0, 0.05) is 24.6 Å². The first-order valence-electron chi connectivity index (χ1n) is 8.93. The first-order valence-corrected chi connectivity index (χ1v) is 8.93. The van der Waals surface area contributed by atoms with Crippen LogP contribution in [0.25, 0.3) is 0 Å². The highest BCUT2D eigenvalue weighted by molar-refractivity contribution is 5.94. The van der Waals surface area contributed by atoms with Crippen molar-refractivity contribution in [3.63, 3.8) is 0 Å². The van der Waals surface area contributed by atoms with Crippen LogP contribution in [0.15, 0.2) is 35.4 Å². The lowest BCUT2D eigenvalue weighted by Gasteiger charge is -2.14. The molecule has 158 valence electrons. The summed E-state index contributed by atoms with van der Waals surface area (Å²) in [6, 6.07) is 7.63. The Morgan fingerprint density at radius 2 is 1.87 bits per heavy atom. The first kappa shape index (κ1) is 22.3. The number of ether oxygens (including phenoxy) is 1. The van der Waals surface area contributed by atoms with Crippen molar-refractivity contribution in [2.24, 2.45) is 5.10 Å². The van der Waals surface area contributed by atoms with Crippen molar-refractivity contribution in [3.05, 3.63) is 57.1 Å². The van der Waals surface area contributed by atoms with Gasteiger partial charge in [-0.1, -0.05) is 23.4 Å². The summed E-state index contributed by atoms with van der Waals surface area (Å²) in [5.74, 6) is -1.69. The van der Waals surface area contributed by atoms with E-state index in [0.29, 0.717) is 5.69 Å². The molecule has 0 radical (unpaired) electrons. The molecule has 0 aliphatic heterocycles. The van der Waals surface area contributed by atoms with Crippen molar-refractivity contribution in [1.82, 2.24) is 5.43 Å². The van der Waals surface area contributed by atoms with Crippen LogP contribution in [-0.2, 0) is 9.59 Å². The fourth-order valence-corrected chi connectivity index (χ4v) is 2.58. The maximum Gasteiger partial charge on any atom is 0.273 e. The van der Waals surface area contributed by atoms with E-state index in [2.05, 4.69) is 15.8 Å². The van der Waals surface area contributed by atoms with Gasteiger partial charge in [0.25, 0.3) is 5.69 Å². The van der Waals surface area contributed by atoms with Gasteiger partial charge in [-0.3, -0.25) is 19.7 Å². The number of hydrogen-bond acceptors (Lipinski definition) is 7. The summed E-state index contributed by atoms with van der Waals surface area (Å²) in [7, 11) is 1.21. The molecule has 0 fully saturated rings. The van der Waals surface area contributed by atoms with E-state index < -0.39 is 16.6 Å². The van der Waals surface area contributed by atoms with E-state index in [-0.39, 0.29) is 35.7 Å². The Morgan fingerprint density at radius 1 is 1.17 bits per heavy atom. The van der Waals surface area contributed by atoms with Gasteiger partial charge >= 0.3 is 0 Å². The van der Waals surface area contributed by atoms with Crippen LogP contribution >= 0.6 is 0 Å². The number of nitrogens with one attached hydrogen (secondary N) is 2. The van der Waals surface area contributed by atoms with Crippen LogP contribution in [0.5, 0.6) is 11.5 Å². The standard InChI is InChI=1S/C20H22N4O6/c1-12-4-5-16(13(2)8-12)22-18(25)6-7-19(26)23-21-11-14-9-15(24(28)29)10-17(30-3)20(14)27/h4-5,8-11,27H,6-7H2,1-3H3,(H,22,25)(H,23,26)/p-1/b21-11-. The molecule has 0 spiro atoms. The number of nitro groups is 1. The van der Waals surface area contributed by atoms with E-state index >= 15 is 0 Å². The highest BCUT2D eigenvalue weighted by Gasteiger charge is 2.12. The van der Waals surface area contributed by atoms with Crippen LogP contribution in [0, 0.1) is 24.0 Å². The van der Waals surface area contributed by atoms with E-state index in [1.165, 1.54) is 7.11 Å². The molecular weight excluding hydrogens is 392 g/mol. The number of rotatable bonds is 8. The van der Waals surface area contributed by atoms with Gasteiger partial charge < -0.3 is 15.2 Å². The molecular formula is C20H21N4O6-. The number of nitrogens with zero attached hydrogens (tertiary/aromatic N) is 2. The van der Waals surface area contributed by atoms with Gasteiger partial charge in [-0.15, -0.1) is 0 Å². The lowest BCUT2D eigenvalue weighted by molar-refractivity contribution is -0.385.